The Morgan fingerprint density at radius 2 is 1.93 bits per heavy atom. The van der Waals surface area contributed by atoms with Crippen molar-refractivity contribution in [3.05, 3.63) is 22.4 Å². The number of hydrogen-bond donors (Lipinski definition) is 1. The minimum atomic E-state index is 0.544. The van der Waals surface area contributed by atoms with E-state index in [0.29, 0.717) is 6.04 Å². The van der Waals surface area contributed by atoms with E-state index in [-0.39, 0.29) is 0 Å². The molecule has 0 amide bonds. The van der Waals surface area contributed by atoms with E-state index in [0.717, 1.165) is 17.9 Å². The molecule has 2 aliphatic rings. The Bertz CT molecular complexity index is 299. The summed E-state index contributed by atoms with van der Waals surface area (Å²) in [7, 11) is 0. The van der Waals surface area contributed by atoms with Crippen molar-refractivity contribution in [3.8, 4) is 0 Å². The van der Waals surface area contributed by atoms with Crippen LogP contribution in [-0.4, -0.2) is 6.04 Å². The lowest BCUT2D eigenvalue weighted by Gasteiger charge is -2.22. The molecule has 1 heterocycles. The van der Waals surface area contributed by atoms with Gasteiger partial charge in [0, 0.05) is 12.1 Å². The smallest absolute Gasteiger partial charge is 0.0302 e. The zero-order chi connectivity index (χ0) is 10.3. The molecule has 2 fully saturated rings. The molecule has 1 aromatic heterocycles. The van der Waals surface area contributed by atoms with Crippen LogP contribution < -0.4 is 5.32 Å². The molecule has 15 heavy (non-hydrogen) atoms. The quantitative estimate of drug-likeness (QED) is 0.801. The minimum absolute atomic E-state index is 0.544. The van der Waals surface area contributed by atoms with Crippen molar-refractivity contribution in [1.29, 1.82) is 0 Å². The van der Waals surface area contributed by atoms with Crippen LogP contribution in [0.4, 0.5) is 0 Å². The van der Waals surface area contributed by atoms with Gasteiger partial charge in [0.15, 0.2) is 0 Å². The lowest BCUT2D eigenvalue weighted by molar-refractivity contribution is 0.378. The molecule has 1 nitrogen and oxygen atoms in total. The highest BCUT2D eigenvalue weighted by molar-refractivity contribution is 7.07. The number of nitrogens with one attached hydrogen (secondary N) is 1. The second kappa shape index (κ2) is 3.91. The highest BCUT2D eigenvalue weighted by Crippen LogP contribution is 2.45. The highest BCUT2D eigenvalue weighted by atomic mass is 32.1. The van der Waals surface area contributed by atoms with E-state index < -0.39 is 0 Å². The second-order valence-corrected chi connectivity index (χ2v) is 5.93. The summed E-state index contributed by atoms with van der Waals surface area (Å²) in [6.07, 6.45) is 5.85. The maximum atomic E-state index is 3.85. The lowest BCUT2D eigenvalue weighted by Crippen LogP contribution is -2.35. The summed E-state index contributed by atoms with van der Waals surface area (Å²) in [4.78, 5) is 0. The van der Waals surface area contributed by atoms with Crippen LogP contribution in [-0.2, 0) is 0 Å². The molecular weight excluding hydrogens is 202 g/mol. The van der Waals surface area contributed by atoms with Gasteiger partial charge in [-0.1, -0.05) is 0 Å². The van der Waals surface area contributed by atoms with Crippen molar-refractivity contribution in [2.24, 2.45) is 11.8 Å². The Hall–Kier alpha value is -0.340. The van der Waals surface area contributed by atoms with Crippen LogP contribution in [0.3, 0.4) is 0 Å². The van der Waals surface area contributed by atoms with Crippen molar-refractivity contribution in [3.63, 3.8) is 0 Å². The Labute approximate surface area is 95.9 Å². The third kappa shape index (κ3) is 2.26. The van der Waals surface area contributed by atoms with E-state index in [9.17, 15) is 0 Å². The van der Waals surface area contributed by atoms with E-state index >= 15 is 0 Å². The lowest BCUT2D eigenvalue weighted by atomic mass is 10.0. The maximum absolute atomic E-state index is 3.85. The summed E-state index contributed by atoms with van der Waals surface area (Å²) < 4.78 is 0. The fourth-order valence-electron chi connectivity index (χ4n) is 2.47. The van der Waals surface area contributed by atoms with Gasteiger partial charge in [-0.15, -0.1) is 0 Å². The number of thiophene rings is 1. The van der Waals surface area contributed by atoms with E-state index in [1.165, 1.54) is 31.2 Å². The molecule has 1 unspecified atom stereocenters. The number of rotatable bonds is 5. The predicted molar refractivity (Wildman–Crippen MR) is 65.1 cm³/mol. The van der Waals surface area contributed by atoms with Crippen LogP contribution in [0.5, 0.6) is 0 Å². The average Bonchev–Trinajstić information content (AvgIpc) is 3.15. The van der Waals surface area contributed by atoms with Gasteiger partial charge < -0.3 is 5.32 Å². The van der Waals surface area contributed by atoms with Gasteiger partial charge in [0.2, 0.25) is 0 Å². The van der Waals surface area contributed by atoms with Crippen LogP contribution in [0.15, 0.2) is 16.8 Å². The van der Waals surface area contributed by atoms with Crippen LogP contribution in [0, 0.1) is 11.8 Å². The SMILES string of the molecule is CC(NC(C1CC1)C1CC1)c1ccsc1. The molecule has 82 valence electrons. The first-order valence-electron chi connectivity index (χ1n) is 6.13. The molecule has 1 N–H and O–H groups in total. The van der Waals surface area contributed by atoms with Gasteiger partial charge in [0.1, 0.15) is 0 Å². The third-order valence-electron chi connectivity index (χ3n) is 3.75. The molecule has 0 spiro atoms. The molecule has 1 aromatic rings. The maximum Gasteiger partial charge on any atom is 0.0302 e. The summed E-state index contributed by atoms with van der Waals surface area (Å²) in [6, 6.07) is 3.61. The summed E-state index contributed by atoms with van der Waals surface area (Å²) in [6.45, 7) is 2.31. The van der Waals surface area contributed by atoms with Gasteiger partial charge in [-0.3, -0.25) is 0 Å². The van der Waals surface area contributed by atoms with Crippen LogP contribution in [0.2, 0.25) is 0 Å². The molecule has 2 heteroatoms. The predicted octanol–water partition coefficient (Wildman–Crippen LogP) is 3.59. The monoisotopic (exact) mass is 221 g/mol. The summed E-state index contributed by atoms with van der Waals surface area (Å²) >= 11 is 1.80. The van der Waals surface area contributed by atoms with Gasteiger partial charge in [0.05, 0.1) is 0 Å². The Kier molecular flexibility index (Phi) is 2.57. The van der Waals surface area contributed by atoms with Gasteiger partial charge >= 0.3 is 0 Å². The largest absolute Gasteiger partial charge is 0.307 e. The van der Waals surface area contributed by atoms with Crippen molar-refractivity contribution >= 4 is 11.3 Å². The first-order chi connectivity index (χ1) is 7.34. The Morgan fingerprint density at radius 3 is 2.40 bits per heavy atom. The molecule has 2 saturated carbocycles. The third-order valence-corrected chi connectivity index (χ3v) is 4.45. The van der Waals surface area contributed by atoms with E-state index in [1.807, 2.05) is 0 Å². The minimum Gasteiger partial charge on any atom is -0.307 e. The van der Waals surface area contributed by atoms with Crippen molar-refractivity contribution < 1.29 is 0 Å². The second-order valence-electron chi connectivity index (χ2n) is 5.15. The summed E-state index contributed by atoms with van der Waals surface area (Å²) in [5.41, 5.74) is 1.46. The van der Waals surface area contributed by atoms with E-state index in [1.54, 1.807) is 11.3 Å². The normalized spacial score (nSPS) is 23.3. The molecular formula is C13H19NS. The van der Waals surface area contributed by atoms with Crippen molar-refractivity contribution in [1.82, 2.24) is 5.32 Å². The van der Waals surface area contributed by atoms with E-state index in [2.05, 4.69) is 29.1 Å². The van der Waals surface area contributed by atoms with Gasteiger partial charge in [-0.25, -0.2) is 0 Å². The fourth-order valence-corrected chi connectivity index (χ4v) is 3.23. The van der Waals surface area contributed by atoms with Crippen molar-refractivity contribution in [2.45, 2.75) is 44.7 Å². The molecule has 0 aromatic carbocycles. The molecule has 0 radical (unpaired) electrons. The van der Waals surface area contributed by atoms with Crippen molar-refractivity contribution in [2.75, 3.05) is 0 Å². The first kappa shape index (κ1) is 9.86. The van der Waals surface area contributed by atoms with Gasteiger partial charge in [-0.2, -0.15) is 11.3 Å². The van der Waals surface area contributed by atoms with E-state index in [4.69, 9.17) is 0 Å². The number of hydrogen-bond acceptors (Lipinski definition) is 2. The summed E-state index contributed by atoms with van der Waals surface area (Å²) in [5.74, 6) is 2.00. The zero-order valence-corrected chi connectivity index (χ0v) is 10.1. The Balaban J connectivity index is 1.62. The fraction of sp³-hybridized carbons (Fsp3) is 0.692. The average molecular weight is 221 g/mol. The summed E-state index contributed by atoms with van der Waals surface area (Å²) in [5, 5.41) is 8.30. The zero-order valence-electron chi connectivity index (χ0n) is 9.28. The molecule has 1 atom stereocenters. The first-order valence-corrected chi connectivity index (χ1v) is 7.07. The van der Waals surface area contributed by atoms with Crippen LogP contribution in [0.1, 0.15) is 44.2 Å². The van der Waals surface area contributed by atoms with Gasteiger partial charge in [0.25, 0.3) is 0 Å². The topological polar surface area (TPSA) is 12.0 Å². The standard InChI is InChI=1S/C13H19NS/c1-9(12-6-7-15-8-12)14-13(10-2-3-10)11-4-5-11/h6-11,13-14H,2-5H2,1H3. The van der Waals surface area contributed by atoms with Crippen LogP contribution in [0.25, 0.3) is 0 Å². The molecule has 2 aliphatic carbocycles. The molecule has 3 rings (SSSR count). The molecule has 0 saturated heterocycles. The molecule has 0 aliphatic heterocycles. The van der Waals surface area contributed by atoms with Crippen LogP contribution >= 0.6 is 11.3 Å². The highest BCUT2D eigenvalue weighted by Gasteiger charge is 2.41. The van der Waals surface area contributed by atoms with Gasteiger partial charge in [-0.05, 0) is 66.8 Å². The Morgan fingerprint density at radius 1 is 1.27 bits per heavy atom. The molecule has 0 bridgehead atoms.